The third kappa shape index (κ3) is 2.14. The van der Waals surface area contributed by atoms with Crippen LogP contribution in [-0.2, 0) is 0 Å². The maximum atomic E-state index is 12.1. The highest BCUT2D eigenvalue weighted by Gasteiger charge is 2.37. The van der Waals surface area contributed by atoms with Crippen molar-refractivity contribution in [1.82, 2.24) is 4.98 Å². The summed E-state index contributed by atoms with van der Waals surface area (Å²) in [6.07, 6.45) is 7.38. The fourth-order valence-corrected chi connectivity index (χ4v) is 2.28. The number of carbonyl (C=O) groups excluding carboxylic acids is 1. The van der Waals surface area contributed by atoms with Crippen LogP contribution in [0.3, 0.4) is 0 Å². The summed E-state index contributed by atoms with van der Waals surface area (Å²) >= 11 is 0. The minimum absolute atomic E-state index is 0.0842. The van der Waals surface area contributed by atoms with Gasteiger partial charge >= 0.3 is 0 Å². The smallest absolute Gasteiger partial charge is 0.165 e. The average Bonchev–Trinajstić information content (AvgIpc) is 2.23. The Labute approximate surface area is 96.1 Å². The quantitative estimate of drug-likeness (QED) is 0.787. The van der Waals surface area contributed by atoms with Crippen LogP contribution < -0.4 is 5.73 Å². The van der Waals surface area contributed by atoms with Crippen molar-refractivity contribution in [3.8, 4) is 0 Å². The average molecular weight is 218 g/mol. The van der Waals surface area contributed by atoms with Gasteiger partial charge in [0.1, 0.15) is 0 Å². The van der Waals surface area contributed by atoms with Crippen molar-refractivity contribution in [2.45, 2.75) is 32.6 Å². The maximum absolute atomic E-state index is 12.1. The molecule has 16 heavy (non-hydrogen) atoms. The lowest BCUT2D eigenvalue weighted by atomic mass is 9.65. The van der Waals surface area contributed by atoms with Crippen molar-refractivity contribution in [2.75, 3.05) is 6.54 Å². The highest BCUT2D eigenvalue weighted by atomic mass is 16.1. The van der Waals surface area contributed by atoms with Crippen LogP contribution in [0.4, 0.5) is 0 Å². The molecule has 0 radical (unpaired) electrons. The summed E-state index contributed by atoms with van der Waals surface area (Å²) in [5.41, 5.74) is 7.59. The number of hydrogen-bond acceptors (Lipinski definition) is 3. The standard InChI is InChI=1S/C13H18N2O/c1-10-5-11(8-15-7-10)12(16)6-13(9-14)3-2-4-13/h5,7-8H,2-4,6,9,14H2,1H3. The van der Waals surface area contributed by atoms with Gasteiger partial charge in [-0.2, -0.15) is 0 Å². The predicted molar refractivity (Wildman–Crippen MR) is 63.3 cm³/mol. The zero-order valence-corrected chi connectivity index (χ0v) is 9.70. The fourth-order valence-electron chi connectivity index (χ4n) is 2.28. The highest BCUT2D eigenvalue weighted by Crippen LogP contribution is 2.43. The molecule has 1 fully saturated rings. The Hall–Kier alpha value is -1.22. The van der Waals surface area contributed by atoms with E-state index in [2.05, 4.69) is 4.98 Å². The van der Waals surface area contributed by atoms with Gasteiger partial charge in [-0.15, -0.1) is 0 Å². The third-order valence-corrected chi connectivity index (χ3v) is 3.58. The number of aromatic nitrogens is 1. The normalized spacial score (nSPS) is 17.9. The van der Waals surface area contributed by atoms with Gasteiger partial charge < -0.3 is 5.73 Å². The molecule has 0 aromatic carbocycles. The number of aryl methyl sites for hydroxylation is 1. The summed E-state index contributed by atoms with van der Waals surface area (Å²) in [6, 6.07) is 1.90. The topological polar surface area (TPSA) is 56.0 Å². The molecule has 0 spiro atoms. The largest absolute Gasteiger partial charge is 0.330 e. The monoisotopic (exact) mass is 218 g/mol. The molecular weight excluding hydrogens is 200 g/mol. The molecule has 86 valence electrons. The fraction of sp³-hybridized carbons (Fsp3) is 0.538. The molecule has 0 atom stereocenters. The lowest BCUT2D eigenvalue weighted by molar-refractivity contribution is 0.0785. The molecule has 1 aliphatic carbocycles. The molecule has 0 amide bonds. The van der Waals surface area contributed by atoms with E-state index in [1.165, 1.54) is 6.42 Å². The number of nitrogens with zero attached hydrogens (tertiary/aromatic N) is 1. The van der Waals surface area contributed by atoms with Gasteiger partial charge in [0, 0.05) is 24.4 Å². The van der Waals surface area contributed by atoms with Crippen molar-refractivity contribution in [2.24, 2.45) is 11.1 Å². The molecular formula is C13H18N2O. The van der Waals surface area contributed by atoms with Gasteiger partial charge in [0.2, 0.25) is 0 Å². The van der Waals surface area contributed by atoms with Gasteiger partial charge in [0.25, 0.3) is 0 Å². The Kier molecular flexibility index (Phi) is 3.06. The number of rotatable bonds is 4. The van der Waals surface area contributed by atoms with Crippen molar-refractivity contribution in [3.63, 3.8) is 0 Å². The van der Waals surface area contributed by atoms with Crippen LogP contribution in [0.15, 0.2) is 18.5 Å². The molecule has 0 bridgehead atoms. The number of nitrogens with two attached hydrogens (primary N) is 1. The second-order valence-corrected chi connectivity index (χ2v) is 4.91. The lowest BCUT2D eigenvalue weighted by Gasteiger charge is -2.40. The molecule has 0 unspecified atom stereocenters. The summed E-state index contributed by atoms with van der Waals surface area (Å²) < 4.78 is 0. The van der Waals surface area contributed by atoms with Crippen LogP contribution >= 0.6 is 0 Å². The van der Waals surface area contributed by atoms with E-state index in [-0.39, 0.29) is 11.2 Å². The lowest BCUT2D eigenvalue weighted by Crippen LogP contribution is -2.39. The maximum Gasteiger partial charge on any atom is 0.165 e. The number of carbonyl (C=O) groups is 1. The van der Waals surface area contributed by atoms with E-state index in [0.717, 1.165) is 24.0 Å². The van der Waals surface area contributed by atoms with Crippen LogP contribution in [-0.4, -0.2) is 17.3 Å². The number of pyridine rings is 1. The van der Waals surface area contributed by atoms with Crippen molar-refractivity contribution < 1.29 is 4.79 Å². The first-order valence-corrected chi connectivity index (χ1v) is 5.80. The number of ketones is 1. The highest BCUT2D eigenvalue weighted by molar-refractivity contribution is 5.96. The summed E-state index contributed by atoms with van der Waals surface area (Å²) in [5.74, 6) is 0.182. The van der Waals surface area contributed by atoms with E-state index in [4.69, 9.17) is 5.73 Å². The Bertz CT molecular complexity index is 391. The molecule has 1 aromatic heterocycles. The minimum Gasteiger partial charge on any atom is -0.330 e. The van der Waals surface area contributed by atoms with Crippen molar-refractivity contribution in [1.29, 1.82) is 0 Å². The van der Waals surface area contributed by atoms with E-state index >= 15 is 0 Å². The summed E-state index contributed by atoms with van der Waals surface area (Å²) in [6.45, 7) is 2.57. The van der Waals surface area contributed by atoms with Gasteiger partial charge in [-0.25, -0.2) is 0 Å². The molecule has 1 heterocycles. The van der Waals surface area contributed by atoms with E-state index in [1.807, 2.05) is 13.0 Å². The van der Waals surface area contributed by atoms with Gasteiger partial charge in [-0.1, -0.05) is 6.42 Å². The Morgan fingerprint density at radius 3 is 2.75 bits per heavy atom. The van der Waals surface area contributed by atoms with Gasteiger partial charge in [0.15, 0.2) is 5.78 Å². The van der Waals surface area contributed by atoms with Gasteiger partial charge in [-0.3, -0.25) is 9.78 Å². The van der Waals surface area contributed by atoms with E-state index in [9.17, 15) is 4.79 Å². The minimum atomic E-state index is 0.0842. The molecule has 0 saturated heterocycles. The van der Waals surface area contributed by atoms with Crippen molar-refractivity contribution in [3.05, 3.63) is 29.6 Å². The summed E-state index contributed by atoms with van der Waals surface area (Å²) in [5, 5.41) is 0. The molecule has 2 rings (SSSR count). The summed E-state index contributed by atoms with van der Waals surface area (Å²) in [7, 11) is 0. The second-order valence-electron chi connectivity index (χ2n) is 4.91. The molecule has 3 nitrogen and oxygen atoms in total. The molecule has 2 N–H and O–H groups in total. The van der Waals surface area contributed by atoms with Crippen LogP contribution in [0.25, 0.3) is 0 Å². The van der Waals surface area contributed by atoms with E-state index < -0.39 is 0 Å². The van der Waals surface area contributed by atoms with E-state index in [0.29, 0.717) is 13.0 Å². The molecule has 1 saturated carbocycles. The Morgan fingerprint density at radius 1 is 1.50 bits per heavy atom. The Balaban J connectivity index is 2.08. The van der Waals surface area contributed by atoms with Crippen LogP contribution in [0.2, 0.25) is 0 Å². The number of Topliss-reactive ketones (excluding diaryl/α,β-unsaturated/α-hetero) is 1. The molecule has 0 aliphatic heterocycles. The van der Waals surface area contributed by atoms with Crippen LogP contribution in [0, 0.1) is 12.3 Å². The SMILES string of the molecule is Cc1cncc(C(=O)CC2(CN)CCC2)c1. The second kappa shape index (κ2) is 4.34. The summed E-state index contributed by atoms with van der Waals surface area (Å²) in [4.78, 5) is 16.1. The zero-order valence-electron chi connectivity index (χ0n) is 9.70. The molecule has 3 heteroatoms. The van der Waals surface area contributed by atoms with Crippen molar-refractivity contribution >= 4 is 5.78 Å². The zero-order chi connectivity index (χ0) is 11.6. The van der Waals surface area contributed by atoms with Crippen LogP contribution in [0.5, 0.6) is 0 Å². The predicted octanol–water partition coefficient (Wildman–Crippen LogP) is 2.09. The first-order chi connectivity index (χ1) is 7.65. The third-order valence-electron chi connectivity index (χ3n) is 3.58. The van der Waals surface area contributed by atoms with Crippen LogP contribution in [0.1, 0.15) is 41.6 Å². The first kappa shape index (κ1) is 11.3. The molecule has 1 aliphatic rings. The van der Waals surface area contributed by atoms with E-state index in [1.54, 1.807) is 12.4 Å². The first-order valence-electron chi connectivity index (χ1n) is 5.80. The molecule has 1 aromatic rings. The van der Waals surface area contributed by atoms with Gasteiger partial charge in [-0.05, 0) is 43.4 Å². The number of hydrogen-bond donors (Lipinski definition) is 1. The van der Waals surface area contributed by atoms with Gasteiger partial charge in [0.05, 0.1) is 0 Å². The Morgan fingerprint density at radius 2 is 2.25 bits per heavy atom.